The summed E-state index contributed by atoms with van der Waals surface area (Å²) in [6.45, 7) is 5.64. The van der Waals surface area contributed by atoms with E-state index in [1.807, 2.05) is 36.6 Å². The second kappa shape index (κ2) is 9.16. The Bertz CT molecular complexity index is 805. The van der Waals surface area contributed by atoms with Gasteiger partial charge in [0, 0.05) is 21.8 Å². The van der Waals surface area contributed by atoms with Crippen molar-refractivity contribution in [1.29, 1.82) is 0 Å². The fourth-order valence-corrected chi connectivity index (χ4v) is 3.96. The van der Waals surface area contributed by atoms with E-state index in [0.717, 1.165) is 47.6 Å². The van der Waals surface area contributed by atoms with Gasteiger partial charge in [-0.15, -0.1) is 11.3 Å². The third-order valence-corrected chi connectivity index (χ3v) is 5.58. The Kier molecular flexibility index (Phi) is 6.65. The Morgan fingerprint density at radius 3 is 2.67 bits per heavy atom. The summed E-state index contributed by atoms with van der Waals surface area (Å²) in [6, 6.07) is 7.81. The Morgan fingerprint density at radius 1 is 1.26 bits per heavy atom. The van der Waals surface area contributed by atoms with E-state index in [1.54, 1.807) is 0 Å². The summed E-state index contributed by atoms with van der Waals surface area (Å²) in [5, 5.41) is 3.36. The topological polar surface area (TPSA) is 78.8 Å². The number of nitrogens with one attached hydrogen (secondary N) is 3. The van der Waals surface area contributed by atoms with Gasteiger partial charge in [-0.1, -0.05) is 17.7 Å². The predicted octanol–water partition coefficient (Wildman–Crippen LogP) is 0.200. The highest BCUT2D eigenvalue weighted by molar-refractivity contribution is 7.09. The Hall–Kier alpha value is -2.16. The number of benzene rings is 1. The van der Waals surface area contributed by atoms with Crippen LogP contribution in [0.3, 0.4) is 0 Å². The monoisotopic (exact) mass is 408 g/mol. The maximum absolute atomic E-state index is 12.1. The maximum Gasteiger partial charge on any atom is 0.293 e. The zero-order valence-electron chi connectivity index (χ0n) is 15.1. The number of aromatic nitrogens is 1. The SMILES string of the molecule is Cc1csc(CC(=O)NNC(=O)C[NH+]2CCN(c3cccc(Cl)c3)CC2)n1. The number of carbonyl (C=O) groups excluding carboxylic acids is 2. The van der Waals surface area contributed by atoms with Crippen LogP contribution in [0.2, 0.25) is 5.02 Å². The Balaban J connectivity index is 1.37. The molecule has 1 aromatic carbocycles. The minimum Gasteiger partial charge on any atom is -0.360 e. The number of amides is 2. The number of anilines is 1. The molecule has 2 amide bonds. The van der Waals surface area contributed by atoms with Crippen LogP contribution in [0, 0.1) is 6.92 Å². The zero-order valence-corrected chi connectivity index (χ0v) is 16.7. The molecular weight excluding hydrogens is 386 g/mol. The summed E-state index contributed by atoms with van der Waals surface area (Å²) in [5.74, 6) is -0.455. The van der Waals surface area contributed by atoms with E-state index in [0.29, 0.717) is 6.54 Å². The predicted molar refractivity (Wildman–Crippen MR) is 106 cm³/mol. The largest absolute Gasteiger partial charge is 0.360 e. The number of quaternary nitrogens is 1. The van der Waals surface area contributed by atoms with Crippen molar-refractivity contribution in [2.75, 3.05) is 37.6 Å². The number of hydrogen-bond donors (Lipinski definition) is 3. The zero-order chi connectivity index (χ0) is 19.2. The van der Waals surface area contributed by atoms with Gasteiger partial charge in [0.05, 0.1) is 32.6 Å². The molecule has 1 saturated heterocycles. The lowest BCUT2D eigenvalue weighted by atomic mass is 10.2. The first-order valence-electron chi connectivity index (χ1n) is 8.82. The molecule has 0 atom stereocenters. The van der Waals surface area contributed by atoms with Gasteiger partial charge >= 0.3 is 0 Å². The molecule has 144 valence electrons. The molecule has 0 saturated carbocycles. The highest BCUT2D eigenvalue weighted by Crippen LogP contribution is 2.19. The van der Waals surface area contributed by atoms with Gasteiger partial charge in [0.2, 0.25) is 5.91 Å². The molecule has 2 aromatic rings. The molecule has 1 aromatic heterocycles. The third-order valence-electron chi connectivity index (χ3n) is 4.37. The normalized spacial score (nSPS) is 14.8. The molecular formula is C18H23ClN5O2S+. The molecule has 3 N–H and O–H groups in total. The molecule has 0 bridgehead atoms. The van der Waals surface area contributed by atoms with Crippen molar-refractivity contribution in [2.45, 2.75) is 13.3 Å². The van der Waals surface area contributed by atoms with Gasteiger partial charge in [-0.05, 0) is 25.1 Å². The number of rotatable bonds is 5. The van der Waals surface area contributed by atoms with Crippen molar-refractivity contribution in [3.05, 3.63) is 45.4 Å². The molecule has 2 heterocycles. The lowest BCUT2D eigenvalue weighted by molar-refractivity contribution is -0.892. The lowest BCUT2D eigenvalue weighted by Crippen LogP contribution is -3.16. The molecule has 0 unspecified atom stereocenters. The summed E-state index contributed by atoms with van der Waals surface area (Å²) in [7, 11) is 0. The second-order valence-electron chi connectivity index (χ2n) is 6.55. The van der Waals surface area contributed by atoms with Gasteiger partial charge in [0.1, 0.15) is 5.01 Å². The quantitative estimate of drug-likeness (QED) is 0.617. The number of carbonyl (C=O) groups is 2. The van der Waals surface area contributed by atoms with E-state index in [-0.39, 0.29) is 18.2 Å². The molecule has 3 rings (SSSR count). The van der Waals surface area contributed by atoms with Gasteiger partial charge in [0.15, 0.2) is 6.54 Å². The van der Waals surface area contributed by atoms with E-state index in [2.05, 4.69) is 20.7 Å². The van der Waals surface area contributed by atoms with Gasteiger partial charge in [-0.2, -0.15) is 0 Å². The Morgan fingerprint density at radius 2 is 2.00 bits per heavy atom. The highest BCUT2D eigenvalue weighted by Gasteiger charge is 2.22. The van der Waals surface area contributed by atoms with E-state index < -0.39 is 0 Å². The van der Waals surface area contributed by atoms with Crippen LogP contribution in [0.1, 0.15) is 10.7 Å². The van der Waals surface area contributed by atoms with Crippen LogP contribution in [0.15, 0.2) is 29.6 Å². The standard InChI is InChI=1S/C18H22ClN5O2S/c1-13-12-27-18(20-13)10-16(25)21-22-17(26)11-23-5-7-24(8-6-23)15-4-2-3-14(19)9-15/h2-4,9,12H,5-8,10-11H2,1H3,(H,21,25)(H,22,26)/p+1. The molecule has 0 radical (unpaired) electrons. The number of halogens is 1. The molecule has 7 nitrogen and oxygen atoms in total. The van der Waals surface area contributed by atoms with E-state index in [9.17, 15) is 9.59 Å². The molecule has 1 aliphatic rings. The summed E-state index contributed by atoms with van der Waals surface area (Å²) in [6.07, 6.45) is 0.171. The number of nitrogens with zero attached hydrogens (tertiary/aromatic N) is 2. The van der Waals surface area contributed by atoms with Crippen LogP contribution in [-0.2, 0) is 16.0 Å². The molecule has 1 fully saturated rings. The van der Waals surface area contributed by atoms with Crippen LogP contribution in [0.5, 0.6) is 0 Å². The minimum atomic E-state index is -0.265. The van der Waals surface area contributed by atoms with E-state index >= 15 is 0 Å². The van der Waals surface area contributed by atoms with Gasteiger partial charge in [-0.25, -0.2) is 4.98 Å². The van der Waals surface area contributed by atoms with E-state index in [4.69, 9.17) is 11.6 Å². The molecule has 0 spiro atoms. The van der Waals surface area contributed by atoms with Crippen LogP contribution in [-0.4, -0.2) is 49.5 Å². The molecule has 0 aliphatic carbocycles. The van der Waals surface area contributed by atoms with Crippen molar-refractivity contribution in [1.82, 2.24) is 15.8 Å². The van der Waals surface area contributed by atoms with Crippen molar-refractivity contribution in [3.8, 4) is 0 Å². The minimum absolute atomic E-state index is 0.171. The van der Waals surface area contributed by atoms with Crippen molar-refractivity contribution >= 4 is 40.4 Å². The summed E-state index contributed by atoms with van der Waals surface area (Å²) in [5.41, 5.74) is 6.96. The number of aryl methyl sites for hydroxylation is 1. The van der Waals surface area contributed by atoms with Crippen molar-refractivity contribution in [3.63, 3.8) is 0 Å². The smallest absolute Gasteiger partial charge is 0.293 e. The van der Waals surface area contributed by atoms with Gasteiger partial charge in [0.25, 0.3) is 5.91 Å². The number of piperazine rings is 1. The summed E-state index contributed by atoms with van der Waals surface area (Å²) >= 11 is 7.49. The average molecular weight is 409 g/mol. The first kappa shape index (κ1) is 19.6. The summed E-state index contributed by atoms with van der Waals surface area (Å²) in [4.78, 5) is 31.6. The molecule has 9 heteroatoms. The van der Waals surface area contributed by atoms with Crippen LogP contribution in [0.4, 0.5) is 5.69 Å². The highest BCUT2D eigenvalue weighted by atomic mass is 35.5. The van der Waals surface area contributed by atoms with Gasteiger partial charge in [-0.3, -0.25) is 20.4 Å². The first-order valence-corrected chi connectivity index (χ1v) is 10.1. The van der Waals surface area contributed by atoms with Crippen LogP contribution < -0.4 is 20.7 Å². The van der Waals surface area contributed by atoms with Crippen molar-refractivity contribution in [2.24, 2.45) is 0 Å². The lowest BCUT2D eigenvalue weighted by Gasteiger charge is -2.33. The number of hydrazine groups is 1. The molecule has 27 heavy (non-hydrogen) atoms. The Labute approximate surface area is 167 Å². The fourth-order valence-electron chi connectivity index (χ4n) is 3.01. The van der Waals surface area contributed by atoms with Crippen LogP contribution >= 0.6 is 22.9 Å². The maximum atomic E-state index is 12.1. The second-order valence-corrected chi connectivity index (χ2v) is 7.93. The summed E-state index contributed by atoms with van der Waals surface area (Å²) < 4.78 is 0. The number of thiazole rings is 1. The van der Waals surface area contributed by atoms with Crippen LogP contribution in [0.25, 0.3) is 0 Å². The molecule has 1 aliphatic heterocycles. The fraction of sp³-hybridized carbons (Fsp3) is 0.389. The average Bonchev–Trinajstić information content (AvgIpc) is 3.05. The third kappa shape index (κ3) is 5.92. The number of hydrogen-bond acceptors (Lipinski definition) is 5. The first-order chi connectivity index (χ1) is 13.0. The van der Waals surface area contributed by atoms with E-state index in [1.165, 1.54) is 16.2 Å². The van der Waals surface area contributed by atoms with Gasteiger partial charge < -0.3 is 9.80 Å². The van der Waals surface area contributed by atoms with Crippen molar-refractivity contribution < 1.29 is 14.5 Å².